The van der Waals surface area contributed by atoms with Gasteiger partial charge in [0.05, 0.1) is 5.56 Å². The fourth-order valence-electron chi connectivity index (χ4n) is 6.10. The second kappa shape index (κ2) is 13.7. The second-order valence-electron chi connectivity index (χ2n) is 11.7. The first-order valence-electron chi connectivity index (χ1n) is 15.0. The molecule has 0 saturated carbocycles. The van der Waals surface area contributed by atoms with Crippen LogP contribution in [-0.2, 0) is 17.5 Å². The minimum absolute atomic E-state index is 0.0531. The van der Waals surface area contributed by atoms with Gasteiger partial charge in [-0.15, -0.1) is 0 Å². The van der Waals surface area contributed by atoms with Crippen LogP contribution in [0.5, 0.6) is 0 Å². The van der Waals surface area contributed by atoms with Crippen molar-refractivity contribution in [1.82, 2.24) is 19.7 Å². The number of likely N-dealkylation sites (tertiary alicyclic amines) is 2. The van der Waals surface area contributed by atoms with Gasteiger partial charge in [0, 0.05) is 62.1 Å². The standard InChI is InChI=1S/C34H40F3N5O/c1-39-22-17-31(18-23-39)41-21-3-4-32(25-41)42(33(43)14-9-26-5-10-28(11-6-26)34(35,36)37)24-27-7-12-29(13-8-27)40(2)30-15-19-38-20-16-30/h5-16,19-20,31-32H,3-4,17-18,21-25H2,1-2H3/t32-/m0/s1. The molecular weight excluding hydrogens is 551 g/mol. The molecule has 3 aromatic rings. The summed E-state index contributed by atoms with van der Waals surface area (Å²) >= 11 is 0. The lowest BCUT2D eigenvalue weighted by molar-refractivity contribution is -0.137. The number of amides is 1. The molecule has 2 aromatic carbocycles. The zero-order chi connectivity index (χ0) is 30.4. The van der Waals surface area contributed by atoms with Crippen molar-refractivity contribution >= 4 is 23.4 Å². The minimum Gasteiger partial charge on any atom is -0.345 e. The van der Waals surface area contributed by atoms with E-state index in [1.165, 1.54) is 18.2 Å². The Balaban J connectivity index is 1.33. The lowest BCUT2D eigenvalue weighted by Crippen LogP contribution is -2.54. The smallest absolute Gasteiger partial charge is 0.345 e. The van der Waals surface area contributed by atoms with Crippen molar-refractivity contribution in [3.8, 4) is 0 Å². The van der Waals surface area contributed by atoms with Crippen LogP contribution in [-0.4, -0.2) is 77.9 Å². The number of halogens is 3. The highest BCUT2D eigenvalue weighted by molar-refractivity contribution is 5.92. The van der Waals surface area contributed by atoms with Gasteiger partial charge in [0.25, 0.3) is 0 Å². The summed E-state index contributed by atoms with van der Waals surface area (Å²) < 4.78 is 39.0. The molecule has 1 amide bonds. The Kier molecular flexibility index (Phi) is 9.82. The summed E-state index contributed by atoms with van der Waals surface area (Å²) in [4.78, 5) is 26.8. The summed E-state index contributed by atoms with van der Waals surface area (Å²) in [5, 5.41) is 0. The SMILES string of the molecule is CN1CCC(N2CCC[C@H](N(Cc3ccc(N(C)c4ccncc4)cc3)C(=O)C=Cc3ccc(C(F)(F)F)cc3)C2)CC1. The van der Waals surface area contributed by atoms with Crippen molar-refractivity contribution in [2.24, 2.45) is 0 Å². The third-order valence-electron chi connectivity index (χ3n) is 8.74. The molecule has 0 radical (unpaired) electrons. The molecule has 6 nitrogen and oxygen atoms in total. The van der Waals surface area contributed by atoms with Gasteiger partial charge >= 0.3 is 6.18 Å². The van der Waals surface area contributed by atoms with E-state index in [-0.39, 0.29) is 11.9 Å². The molecule has 3 heterocycles. The first kappa shape index (κ1) is 30.8. The number of hydrogen-bond acceptors (Lipinski definition) is 5. The largest absolute Gasteiger partial charge is 0.416 e. The van der Waals surface area contributed by atoms with Crippen LogP contribution in [0.1, 0.15) is 42.4 Å². The van der Waals surface area contributed by atoms with Crippen molar-refractivity contribution in [1.29, 1.82) is 0 Å². The summed E-state index contributed by atoms with van der Waals surface area (Å²) in [6.07, 6.45) is 6.47. The number of alkyl halides is 3. The Bertz CT molecular complexity index is 1350. The van der Waals surface area contributed by atoms with Gasteiger partial charge in [0.15, 0.2) is 0 Å². The average molecular weight is 592 g/mol. The molecule has 5 rings (SSSR count). The molecule has 0 aliphatic carbocycles. The molecule has 0 unspecified atom stereocenters. The van der Waals surface area contributed by atoms with Crippen LogP contribution in [0.3, 0.4) is 0 Å². The maximum Gasteiger partial charge on any atom is 0.416 e. The van der Waals surface area contributed by atoms with Crippen molar-refractivity contribution in [2.45, 2.75) is 50.5 Å². The maximum absolute atomic E-state index is 13.8. The number of carbonyl (C=O) groups is 1. The molecule has 2 aliphatic heterocycles. The van der Waals surface area contributed by atoms with Crippen LogP contribution in [0.15, 0.2) is 79.1 Å². The summed E-state index contributed by atoms with van der Waals surface area (Å²) in [7, 11) is 4.17. The van der Waals surface area contributed by atoms with Gasteiger partial charge in [0.2, 0.25) is 5.91 Å². The molecule has 0 bridgehead atoms. The Morgan fingerprint density at radius 1 is 0.930 bits per heavy atom. The first-order valence-corrected chi connectivity index (χ1v) is 15.0. The highest BCUT2D eigenvalue weighted by atomic mass is 19.4. The van der Waals surface area contributed by atoms with Crippen molar-refractivity contribution in [3.63, 3.8) is 0 Å². The van der Waals surface area contributed by atoms with Crippen LogP contribution < -0.4 is 4.90 Å². The summed E-state index contributed by atoms with van der Waals surface area (Å²) in [5.41, 5.74) is 2.94. The lowest BCUT2D eigenvalue weighted by atomic mass is 9.97. The highest BCUT2D eigenvalue weighted by Gasteiger charge is 2.32. The van der Waals surface area contributed by atoms with Crippen LogP contribution in [0.4, 0.5) is 24.5 Å². The monoisotopic (exact) mass is 591 g/mol. The van der Waals surface area contributed by atoms with Gasteiger partial charge in [0.1, 0.15) is 0 Å². The van der Waals surface area contributed by atoms with E-state index in [9.17, 15) is 18.0 Å². The molecular formula is C34H40F3N5O. The topological polar surface area (TPSA) is 42.9 Å². The highest BCUT2D eigenvalue weighted by Crippen LogP contribution is 2.30. The normalized spacial score (nSPS) is 19.0. The second-order valence-corrected chi connectivity index (χ2v) is 11.7. The maximum atomic E-state index is 13.8. The number of aromatic nitrogens is 1. The summed E-state index contributed by atoms with van der Waals surface area (Å²) in [6.45, 7) is 4.51. The molecule has 1 aromatic heterocycles. The number of rotatable bonds is 8. The average Bonchev–Trinajstić information content (AvgIpc) is 3.03. The zero-order valence-electron chi connectivity index (χ0n) is 24.9. The fraction of sp³-hybridized carbons (Fsp3) is 0.412. The van der Waals surface area contributed by atoms with Gasteiger partial charge in [-0.1, -0.05) is 24.3 Å². The molecule has 1 atom stereocenters. The van der Waals surface area contributed by atoms with Crippen molar-refractivity contribution in [2.75, 3.05) is 45.2 Å². The van der Waals surface area contributed by atoms with Crippen LogP contribution in [0.25, 0.3) is 6.08 Å². The Morgan fingerprint density at radius 3 is 2.23 bits per heavy atom. The summed E-state index contributed by atoms with van der Waals surface area (Å²) in [5.74, 6) is -0.131. The zero-order valence-corrected chi connectivity index (χ0v) is 24.9. The number of piperidine rings is 2. The van der Waals surface area contributed by atoms with Gasteiger partial charge < -0.3 is 14.7 Å². The predicted molar refractivity (Wildman–Crippen MR) is 165 cm³/mol. The Labute approximate surface area is 252 Å². The van der Waals surface area contributed by atoms with E-state index in [0.29, 0.717) is 18.2 Å². The number of nitrogens with zero attached hydrogens (tertiary/aromatic N) is 5. The third-order valence-corrected chi connectivity index (χ3v) is 8.74. The van der Waals surface area contributed by atoms with E-state index in [0.717, 1.165) is 80.9 Å². The molecule has 2 saturated heterocycles. The van der Waals surface area contributed by atoms with E-state index in [1.54, 1.807) is 18.5 Å². The number of carbonyl (C=O) groups excluding carboxylic acids is 1. The van der Waals surface area contributed by atoms with E-state index in [1.807, 2.05) is 24.1 Å². The van der Waals surface area contributed by atoms with Crippen molar-refractivity contribution in [3.05, 3.63) is 95.8 Å². The molecule has 0 N–H and O–H groups in total. The van der Waals surface area contributed by atoms with Crippen molar-refractivity contribution < 1.29 is 18.0 Å². The number of pyridine rings is 1. The molecule has 2 aliphatic rings. The van der Waals surface area contributed by atoms with E-state index < -0.39 is 11.7 Å². The first-order chi connectivity index (χ1) is 20.7. The predicted octanol–water partition coefficient (Wildman–Crippen LogP) is 6.47. The van der Waals surface area contributed by atoms with Crippen LogP contribution in [0.2, 0.25) is 0 Å². The van der Waals surface area contributed by atoms with Gasteiger partial charge in [-0.25, -0.2) is 0 Å². The molecule has 0 spiro atoms. The minimum atomic E-state index is -4.39. The number of benzene rings is 2. The van der Waals surface area contributed by atoms with E-state index in [2.05, 4.69) is 51.0 Å². The molecule has 228 valence electrons. The Hall–Kier alpha value is -3.69. The van der Waals surface area contributed by atoms with E-state index >= 15 is 0 Å². The van der Waals surface area contributed by atoms with Gasteiger partial charge in [-0.3, -0.25) is 14.7 Å². The van der Waals surface area contributed by atoms with E-state index in [4.69, 9.17) is 0 Å². The molecule has 9 heteroatoms. The lowest BCUT2D eigenvalue weighted by Gasteiger charge is -2.44. The molecule has 2 fully saturated rings. The van der Waals surface area contributed by atoms with Crippen LogP contribution in [0, 0.1) is 0 Å². The Morgan fingerprint density at radius 2 is 1.58 bits per heavy atom. The molecule has 43 heavy (non-hydrogen) atoms. The van der Waals surface area contributed by atoms with Crippen LogP contribution >= 0.6 is 0 Å². The summed E-state index contributed by atoms with van der Waals surface area (Å²) in [6, 6.07) is 17.6. The fourth-order valence-corrected chi connectivity index (χ4v) is 6.10. The quantitative estimate of drug-likeness (QED) is 0.281. The van der Waals surface area contributed by atoms with Gasteiger partial charge in [-0.2, -0.15) is 13.2 Å². The van der Waals surface area contributed by atoms with Gasteiger partial charge in [-0.05, 0) is 106 Å². The third kappa shape index (κ3) is 8.03. The number of hydrogen-bond donors (Lipinski definition) is 0. The number of anilines is 2.